The van der Waals surface area contributed by atoms with Crippen molar-refractivity contribution in [3.63, 3.8) is 0 Å². The minimum atomic E-state index is -3.64. The average Bonchev–Trinajstić information content (AvgIpc) is 3.42. The number of nitrogens with zero attached hydrogens (tertiary/aromatic N) is 2. The second-order valence-corrected chi connectivity index (χ2v) is 12.2. The quantitative estimate of drug-likeness (QED) is 0.662. The third kappa shape index (κ3) is 4.50. The van der Waals surface area contributed by atoms with Gasteiger partial charge in [-0.15, -0.1) is 0 Å². The van der Waals surface area contributed by atoms with Gasteiger partial charge in [0, 0.05) is 49.8 Å². The minimum Gasteiger partial charge on any atom is -0.376 e. The molecule has 0 aromatic heterocycles. The number of anilines is 1. The van der Waals surface area contributed by atoms with Gasteiger partial charge in [0.25, 0.3) is 0 Å². The summed E-state index contributed by atoms with van der Waals surface area (Å²) in [7, 11) is -3.64. The topological polar surface area (TPSA) is 96.0 Å². The summed E-state index contributed by atoms with van der Waals surface area (Å²) < 4.78 is 33.8. The maximum absolute atomic E-state index is 13.4. The number of piperidine rings is 1. The lowest BCUT2D eigenvalue weighted by atomic mass is 9.84. The molecule has 2 saturated heterocycles. The summed E-state index contributed by atoms with van der Waals surface area (Å²) in [5.74, 6) is 0.115. The Kier molecular flexibility index (Phi) is 6.70. The Morgan fingerprint density at radius 3 is 2.47 bits per heavy atom. The van der Waals surface area contributed by atoms with Crippen molar-refractivity contribution in [2.75, 3.05) is 31.1 Å². The molecule has 4 aliphatic rings. The van der Waals surface area contributed by atoms with Crippen molar-refractivity contribution in [3.05, 3.63) is 23.8 Å². The molecule has 1 N–H and O–H groups in total. The Hall–Kier alpha value is -1.97. The third-order valence-electron chi connectivity index (χ3n) is 7.95. The molecule has 0 spiro atoms. The van der Waals surface area contributed by atoms with Crippen molar-refractivity contribution in [2.24, 2.45) is 11.8 Å². The Bertz CT molecular complexity index is 1040. The normalized spacial score (nSPS) is 26.3. The maximum atomic E-state index is 13.4. The van der Waals surface area contributed by atoms with E-state index in [1.165, 1.54) is 4.31 Å². The molecule has 0 radical (unpaired) electrons. The lowest BCUT2D eigenvalue weighted by Gasteiger charge is -2.32. The lowest BCUT2D eigenvalue weighted by Crippen LogP contribution is -2.44. The Morgan fingerprint density at radius 2 is 1.82 bits per heavy atom. The molecule has 34 heavy (non-hydrogen) atoms. The number of benzene rings is 1. The number of nitrogens with one attached hydrogen (secondary N) is 1. The van der Waals surface area contributed by atoms with Crippen molar-refractivity contribution in [2.45, 2.75) is 75.3 Å². The molecule has 3 heterocycles. The molecule has 9 heteroatoms. The van der Waals surface area contributed by atoms with Gasteiger partial charge in [-0.2, -0.15) is 4.31 Å². The zero-order valence-corrected chi connectivity index (χ0v) is 20.7. The highest BCUT2D eigenvalue weighted by molar-refractivity contribution is 7.89. The number of hydrogen-bond donors (Lipinski definition) is 1. The van der Waals surface area contributed by atoms with E-state index >= 15 is 0 Å². The first-order valence-electron chi connectivity index (χ1n) is 12.7. The van der Waals surface area contributed by atoms with Crippen molar-refractivity contribution in [1.82, 2.24) is 9.62 Å². The number of carbonyl (C=O) groups is 2. The molecule has 2 amide bonds. The highest BCUT2D eigenvalue weighted by Crippen LogP contribution is 2.38. The van der Waals surface area contributed by atoms with E-state index in [4.69, 9.17) is 4.74 Å². The molecule has 3 fully saturated rings. The van der Waals surface area contributed by atoms with E-state index in [1.807, 2.05) is 11.8 Å². The van der Waals surface area contributed by atoms with Crippen molar-refractivity contribution >= 4 is 27.5 Å². The van der Waals surface area contributed by atoms with Crippen LogP contribution in [0.25, 0.3) is 0 Å². The Morgan fingerprint density at radius 1 is 1.06 bits per heavy atom. The summed E-state index contributed by atoms with van der Waals surface area (Å²) in [6.45, 7) is 3.98. The van der Waals surface area contributed by atoms with E-state index in [0.29, 0.717) is 38.9 Å². The second-order valence-electron chi connectivity index (χ2n) is 10.2. The van der Waals surface area contributed by atoms with Gasteiger partial charge in [-0.3, -0.25) is 9.59 Å². The second kappa shape index (κ2) is 9.59. The Labute approximate surface area is 202 Å². The van der Waals surface area contributed by atoms with Crippen LogP contribution in [0, 0.1) is 11.8 Å². The van der Waals surface area contributed by atoms with Gasteiger partial charge in [-0.05, 0) is 75.6 Å². The monoisotopic (exact) mass is 489 g/mol. The van der Waals surface area contributed by atoms with Gasteiger partial charge in [0.1, 0.15) is 0 Å². The van der Waals surface area contributed by atoms with Crippen LogP contribution in [0.2, 0.25) is 0 Å². The summed E-state index contributed by atoms with van der Waals surface area (Å²) in [6.07, 6.45) is 6.82. The number of carbonyl (C=O) groups excluding carboxylic acids is 2. The van der Waals surface area contributed by atoms with Gasteiger partial charge in [0.15, 0.2) is 0 Å². The SMILES string of the molecule is C[C@H]1Cc2cc(S(=O)(=O)N3CCC(C(=O)NC[C@@H]4CCCO4)CC3)ccc2N1C(=O)C1CCC1. The number of amides is 2. The van der Waals surface area contributed by atoms with Gasteiger partial charge in [-0.1, -0.05) is 6.42 Å². The molecule has 1 aliphatic carbocycles. The first kappa shape index (κ1) is 23.8. The number of hydrogen-bond acceptors (Lipinski definition) is 5. The van der Waals surface area contributed by atoms with E-state index in [-0.39, 0.29) is 40.7 Å². The van der Waals surface area contributed by atoms with Crippen molar-refractivity contribution < 1.29 is 22.7 Å². The third-order valence-corrected chi connectivity index (χ3v) is 9.84. The van der Waals surface area contributed by atoms with Gasteiger partial charge in [-0.25, -0.2) is 8.42 Å². The van der Waals surface area contributed by atoms with Crippen LogP contribution in [0.3, 0.4) is 0 Å². The lowest BCUT2D eigenvalue weighted by molar-refractivity contribution is -0.126. The summed E-state index contributed by atoms with van der Waals surface area (Å²) >= 11 is 0. The van der Waals surface area contributed by atoms with Crippen LogP contribution >= 0.6 is 0 Å². The van der Waals surface area contributed by atoms with Gasteiger partial charge >= 0.3 is 0 Å². The molecule has 2 atom stereocenters. The van der Waals surface area contributed by atoms with Crippen LogP contribution in [-0.4, -0.2) is 62.9 Å². The van der Waals surface area contributed by atoms with E-state index in [1.54, 1.807) is 18.2 Å². The predicted octanol–water partition coefficient (Wildman–Crippen LogP) is 2.46. The maximum Gasteiger partial charge on any atom is 0.243 e. The molecule has 0 unspecified atom stereocenters. The minimum absolute atomic E-state index is 0.00436. The zero-order valence-electron chi connectivity index (χ0n) is 19.9. The zero-order chi connectivity index (χ0) is 23.9. The first-order valence-corrected chi connectivity index (χ1v) is 14.1. The predicted molar refractivity (Wildman–Crippen MR) is 128 cm³/mol. The van der Waals surface area contributed by atoms with E-state index in [0.717, 1.165) is 50.0 Å². The van der Waals surface area contributed by atoms with E-state index in [9.17, 15) is 18.0 Å². The van der Waals surface area contributed by atoms with E-state index in [2.05, 4.69) is 5.32 Å². The fraction of sp³-hybridized carbons (Fsp3) is 0.680. The van der Waals surface area contributed by atoms with Crippen LogP contribution in [0.5, 0.6) is 0 Å². The summed E-state index contributed by atoms with van der Waals surface area (Å²) in [5.41, 5.74) is 1.77. The first-order chi connectivity index (χ1) is 16.3. The fourth-order valence-electron chi connectivity index (χ4n) is 5.63. The van der Waals surface area contributed by atoms with Crippen LogP contribution < -0.4 is 10.2 Å². The van der Waals surface area contributed by atoms with E-state index < -0.39 is 10.0 Å². The molecule has 1 aromatic carbocycles. The van der Waals surface area contributed by atoms with Crippen molar-refractivity contribution in [3.8, 4) is 0 Å². The number of rotatable bonds is 6. The summed E-state index contributed by atoms with van der Waals surface area (Å²) in [5, 5.41) is 2.98. The molecule has 1 aromatic rings. The number of sulfonamides is 1. The molecule has 186 valence electrons. The molecule has 3 aliphatic heterocycles. The van der Waals surface area contributed by atoms with Crippen LogP contribution in [0.15, 0.2) is 23.1 Å². The molecule has 8 nitrogen and oxygen atoms in total. The van der Waals surface area contributed by atoms with Crippen LogP contribution in [-0.2, 0) is 30.8 Å². The van der Waals surface area contributed by atoms with Crippen LogP contribution in [0.4, 0.5) is 5.69 Å². The highest BCUT2D eigenvalue weighted by atomic mass is 32.2. The standard InChI is InChI=1S/C25H35N3O5S/c1-17-14-20-15-22(7-8-23(20)28(17)25(30)19-4-2-5-19)34(31,32)27-11-9-18(10-12-27)24(29)26-16-21-6-3-13-33-21/h7-8,15,17-19,21H,2-6,9-14,16H2,1H3,(H,26,29)/t17-,21-/m0/s1. The Balaban J connectivity index is 1.21. The van der Waals surface area contributed by atoms with Gasteiger partial charge < -0.3 is 15.0 Å². The van der Waals surface area contributed by atoms with Crippen molar-refractivity contribution in [1.29, 1.82) is 0 Å². The van der Waals surface area contributed by atoms with Gasteiger partial charge in [0.2, 0.25) is 21.8 Å². The number of fused-ring (bicyclic) bond motifs is 1. The summed E-state index contributed by atoms with van der Waals surface area (Å²) in [6, 6.07) is 5.22. The summed E-state index contributed by atoms with van der Waals surface area (Å²) in [4.78, 5) is 27.6. The highest BCUT2D eigenvalue weighted by Gasteiger charge is 2.38. The van der Waals surface area contributed by atoms with Gasteiger partial charge in [0.05, 0.1) is 11.0 Å². The molecule has 1 saturated carbocycles. The van der Waals surface area contributed by atoms with Crippen LogP contribution in [0.1, 0.15) is 57.4 Å². The molecule has 5 rings (SSSR count). The fourth-order valence-corrected chi connectivity index (χ4v) is 7.15. The molecular formula is C25H35N3O5S. The average molecular weight is 490 g/mol. The largest absolute Gasteiger partial charge is 0.376 e. The molecular weight excluding hydrogens is 454 g/mol. The smallest absolute Gasteiger partial charge is 0.243 e. The number of ether oxygens (including phenoxy) is 1. The molecule has 0 bridgehead atoms.